The molecule has 0 aromatic heterocycles. The van der Waals surface area contributed by atoms with E-state index in [4.69, 9.17) is 4.74 Å². The van der Waals surface area contributed by atoms with Crippen molar-refractivity contribution in [1.82, 2.24) is 5.32 Å². The third kappa shape index (κ3) is 4.08. The van der Waals surface area contributed by atoms with Gasteiger partial charge in [0.2, 0.25) is 0 Å². The van der Waals surface area contributed by atoms with Crippen LogP contribution in [0.15, 0.2) is 54.1 Å². The van der Waals surface area contributed by atoms with Crippen LogP contribution in [0.1, 0.15) is 23.1 Å². The van der Waals surface area contributed by atoms with E-state index in [1.807, 2.05) is 30.3 Å². The van der Waals surface area contributed by atoms with Gasteiger partial charge in [-0.05, 0) is 41.3 Å². The lowest BCUT2D eigenvalue weighted by Gasteiger charge is -2.17. The van der Waals surface area contributed by atoms with E-state index < -0.39 is 0 Å². The number of anilines is 1. The Hall–Kier alpha value is -3.10. The van der Waals surface area contributed by atoms with Gasteiger partial charge in [-0.15, -0.1) is 0 Å². The Morgan fingerprint density at radius 2 is 1.89 bits per heavy atom. The average Bonchev–Trinajstić information content (AvgIpc) is 3.40. The summed E-state index contributed by atoms with van der Waals surface area (Å²) in [6.45, 7) is 3.78. The van der Waals surface area contributed by atoms with Crippen LogP contribution in [-0.2, 0) is 22.6 Å². The summed E-state index contributed by atoms with van der Waals surface area (Å²) in [5, 5.41) is 12.2. The van der Waals surface area contributed by atoms with Crippen LogP contribution in [0.2, 0.25) is 0 Å². The van der Waals surface area contributed by atoms with E-state index in [0.29, 0.717) is 19.1 Å². The van der Waals surface area contributed by atoms with Crippen molar-refractivity contribution in [3.05, 3.63) is 70.8 Å². The predicted molar refractivity (Wildman–Crippen MR) is 108 cm³/mol. The first kappa shape index (κ1) is 18.3. The average molecular weight is 373 g/mol. The van der Waals surface area contributed by atoms with E-state index in [9.17, 15) is 10.1 Å². The van der Waals surface area contributed by atoms with E-state index >= 15 is 0 Å². The summed E-state index contributed by atoms with van der Waals surface area (Å²) in [5.41, 5.74) is 4.83. The molecule has 1 N–H and O–H groups in total. The lowest BCUT2D eigenvalue weighted by Crippen LogP contribution is -2.30. The highest BCUT2D eigenvalue weighted by Gasteiger charge is 2.19. The first-order chi connectivity index (χ1) is 13.7. The monoisotopic (exact) mass is 373 g/mol. The first-order valence-electron chi connectivity index (χ1n) is 9.62. The smallest absolute Gasteiger partial charge is 0.261 e. The molecule has 2 aromatic rings. The van der Waals surface area contributed by atoms with Gasteiger partial charge < -0.3 is 15.0 Å². The molecule has 28 heavy (non-hydrogen) atoms. The third-order valence-corrected chi connectivity index (χ3v) is 5.35. The number of carbonyl (C=O) groups excluding carboxylic acids is 1. The standard InChI is InChI=1S/C23H23N3O2/c24-12-21(23(27)25-13-18-9-10-28-16-18)11-17-5-7-22(8-6-17)26-14-19-3-1-2-4-20(19)15-26/h1-8,11,18H,9-10,13-16H2,(H,25,27)/b21-11+. The van der Waals surface area contributed by atoms with Gasteiger partial charge in [0.25, 0.3) is 5.91 Å². The number of rotatable bonds is 5. The molecule has 0 aliphatic carbocycles. The minimum atomic E-state index is -0.325. The molecule has 5 heteroatoms. The molecule has 1 fully saturated rings. The molecule has 0 spiro atoms. The highest BCUT2D eigenvalue weighted by atomic mass is 16.5. The molecule has 0 saturated carbocycles. The van der Waals surface area contributed by atoms with Crippen molar-refractivity contribution in [3.8, 4) is 6.07 Å². The van der Waals surface area contributed by atoms with Crippen LogP contribution in [0.25, 0.3) is 6.08 Å². The molecule has 4 rings (SSSR count). The zero-order valence-corrected chi connectivity index (χ0v) is 15.7. The highest BCUT2D eigenvalue weighted by Crippen LogP contribution is 2.28. The van der Waals surface area contributed by atoms with Gasteiger partial charge in [-0.1, -0.05) is 36.4 Å². The van der Waals surface area contributed by atoms with Crippen LogP contribution >= 0.6 is 0 Å². The minimum absolute atomic E-state index is 0.125. The number of ether oxygens (including phenoxy) is 1. The fourth-order valence-corrected chi connectivity index (χ4v) is 3.69. The van der Waals surface area contributed by atoms with E-state index in [0.717, 1.165) is 37.4 Å². The number of hydrogen-bond acceptors (Lipinski definition) is 4. The highest BCUT2D eigenvalue weighted by molar-refractivity contribution is 6.01. The summed E-state index contributed by atoms with van der Waals surface area (Å²) in [6, 6.07) is 18.5. The molecule has 0 radical (unpaired) electrons. The van der Waals surface area contributed by atoms with E-state index in [1.165, 1.54) is 11.1 Å². The van der Waals surface area contributed by atoms with Gasteiger partial charge in [0.1, 0.15) is 11.6 Å². The van der Waals surface area contributed by atoms with Gasteiger partial charge in [-0.2, -0.15) is 5.26 Å². The molecule has 1 saturated heterocycles. The summed E-state index contributed by atoms with van der Waals surface area (Å²) in [6.07, 6.45) is 2.59. The molecule has 1 unspecified atom stereocenters. The number of amides is 1. The van der Waals surface area contributed by atoms with Gasteiger partial charge in [-0.25, -0.2) is 0 Å². The van der Waals surface area contributed by atoms with Crippen molar-refractivity contribution in [1.29, 1.82) is 5.26 Å². The molecule has 2 heterocycles. The van der Waals surface area contributed by atoms with Gasteiger partial charge in [0, 0.05) is 37.8 Å². The zero-order chi connectivity index (χ0) is 19.3. The number of nitrogens with zero attached hydrogens (tertiary/aromatic N) is 2. The Bertz CT molecular complexity index is 897. The van der Waals surface area contributed by atoms with E-state index in [1.54, 1.807) is 6.08 Å². The maximum Gasteiger partial charge on any atom is 0.261 e. The van der Waals surface area contributed by atoms with Crippen molar-refractivity contribution in [2.24, 2.45) is 5.92 Å². The van der Waals surface area contributed by atoms with Crippen LogP contribution in [0.5, 0.6) is 0 Å². The maximum absolute atomic E-state index is 12.3. The lowest BCUT2D eigenvalue weighted by molar-refractivity contribution is -0.117. The van der Waals surface area contributed by atoms with Crippen molar-refractivity contribution in [3.63, 3.8) is 0 Å². The molecule has 2 aromatic carbocycles. The minimum Gasteiger partial charge on any atom is -0.381 e. The van der Waals surface area contributed by atoms with Gasteiger partial charge >= 0.3 is 0 Å². The fraction of sp³-hybridized carbons (Fsp3) is 0.304. The predicted octanol–water partition coefficient (Wildman–Crippen LogP) is 3.27. The molecule has 142 valence electrons. The molecular weight excluding hydrogens is 350 g/mol. The van der Waals surface area contributed by atoms with Crippen molar-refractivity contribution in [2.75, 3.05) is 24.7 Å². The lowest BCUT2D eigenvalue weighted by atomic mass is 10.1. The second-order valence-corrected chi connectivity index (χ2v) is 7.33. The molecule has 1 atom stereocenters. The third-order valence-electron chi connectivity index (χ3n) is 5.35. The van der Waals surface area contributed by atoms with Crippen LogP contribution in [0.3, 0.4) is 0 Å². The number of benzene rings is 2. The Morgan fingerprint density at radius 1 is 1.18 bits per heavy atom. The summed E-state index contributed by atoms with van der Waals surface area (Å²) in [4.78, 5) is 14.6. The Balaban J connectivity index is 1.40. The normalized spacial score (nSPS) is 18.6. The number of nitrogens with one attached hydrogen (secondary N) is 1. The van der Waals surface area contributed by atoms with Gasteiger partial charge in [-0.3, -0.25) is 4.79 Å². The van der Waals surface area contributed by atoms with Crippen LogP contribution in [-0.4, -0.2) is 25.7 Å². The zero-order valence-electron chi connectivity index (χ0n) is 15.7. The van der Waals surface area contributed by atoms with E-state index in [2.05, 4.69) is 34.5 Å². The van der Waals surface area contributed by atoms with Crippen molar-refractivity contribution in [2.45, 2.75) is 19.5 Å². The Morgan fingerprint density at radius 3 is 2.50 bits per heavy atom. The van der Waals surface area contributed by atoms with Crippen LogP contribution < -0.4 is 10.2 Å². The van der Waals surface area contributed by atoms with Crippen molar-refractivity contribution >= 4 is 17.7 Å². The molecule has 2 aliphatic heterocycles. The second-order valence-electron chi connectivity index (χ2n) is 7.33. The topological polar surface area (TPSA) is 65.4 Å². The Labute approximate surface area is 165 Å². The molecule has 5 nitrogen and oxygen atoms in total. The van der Waals surface area contributed by atoms with Gasteiger partial charge in [0.15, 0.2) is 0 Å². The van der Waals surface area contributed by atoms with Crippen LogP contribution in [0, 0.1) is 17.2 Å². The number of carbonyl (C=O) groups is 1. The largest absolute Gasteiger partial charge is 0.381 e. The number of fused-ring (bicyclic) bond motifs is 1. The van der Waals surface area contributed by atoms with E-state index in [-0.39, 0.29) is 11.5 Å². The summed E-state index contributed by atoms with van der Waals surface area (Å²) >= 11 is 0. The summed E-state index contributed by atoms with van der Waals surface area (Å²) in [5.74, 6) is 0.0150. The van der Waals surface area contributed by atoms with Gasteiger partial charge in [0.05, 0.1) is 6.61 Å². The molecule has 1 amide bonds. The van der Waals surface area contributed by atoms with Crippen molar-refractivity contribution < 1.29 is 9.53 Å². The molecule has 2 aliphatic rings. The Kier molecular flexibility index (Phi) is 5.41. The fourth-order valence-electron chi connectivity index (χ4n) is 3.69. The first-order valence-corrected chi connectivity index (χ1v) is 9.62. The summed E-state index contributed by atoms with van der Waals surface area (Å²) < 4.78 is 5.31. The second kappa shape index (κ2) is 8.28. The molecule has 0 bridgehead atoms. The SMILES string of the molecule is N#C/C(=C\c1ccc(N2Cc3ccccc3C2)cc1)C(=O)NCC1CCOC1. The van der Waals surface area contributed by atoms with Crippen LogP contribution in [0.4, 0.5) is 5.69 Å². The maximum atomic E-state index is 12.3. The quantitative estimate of drug-likeness (QED) is 0.645. The summed E-state index contributed by atoms with van der Waals surface area (Å²) in [7, 11) is 0. The molecular formula is C23H23N3O2. The number of hydrogen-bond donors (Lipinski definition) is 1. The number of nitriles is 1.